The fourth-order valence-corrected chi connectivity index (χ4v) is 2.82. The number of aliphatic imine (C=N–C) groups is 1. The van der Waals surface area contributed by atoms with E-state index in [1.54, 1.807) is 12.3 Å². The third-order valence-corrected chi connectivity index (χ3v) is 3.74. The summed E-state index contributed by atoms with van der Waals surface area (Å²) in [5.74, 6) is 0.325. The fraction of sp³-hybridized carbons (Fsp3) is 0.357. The molecule has 0 bridgehead atoms. The second-order valence-electron chi connectivity index (χ2n) is 4.74. The van der Waals surface area contributed by atoms with Gasteiger partial charge in [0.1, 0.15) is 11.3 Å². The number of rotatable bonds is 2. The number of hydrogen-bond acceptors (Lipinski definition) is 4. The summed E-state index contributed by atoms with van der Waals surface area (Å²) in [5.41, 5.74) is 1.43. The summed E-state index contributed by atoms with van der Waals surface area (Å²) < 4.78 is 0. The van der Waals surface area contributed by atoms with Crippen molar-refractivity contribution < 1.29 is 5.11 Å². The Labute approximate surface area is 107 Å². The van der Waals surface area contributed by atoms with E-state index < -0.39 is 5.54 Å². The third kappa shape index (κ3) is 1.26. The molecule has 2 heterocycles. The van der Waals surface area contributed by atoms with Gasteiger partial charge in [-0.15, -0.1) is 0 Å². The van der Waals surface area contributed by atoms with E-state index in [0.29, 0.717) is 5.76 Å². The van der Waals surface area contributed by atoms with Gasteiger partial charge >= 0.3 is 0 Å². The lowest BCUT2D eigenvalue weighted by molar-refractivity contribution is 0.0254. The molecule has 1 aliphatic carbocycles. The Bertz CT molecular complexity index is 527. The first-order valence-electron chi connectivity index (χ1n) is 6.26. The van der Waals surface area contributed by atoms with Gasteiger partial charge in [-0.3, -0.25) is 4.99 Å². The smallest absolute Gasteiger partial charge is 0.130 e. The maximum atomic E-state index is 10.1. The van der Waals surface area contributed by atoms with Crippen LogP contribution in [0.4, 0.5) is 0 Å². The molecule has 94 valence electrons. The highest BCUT2D eigenvalue weighted by atomic mass is 16.3. The van der Waals surface area contributed by atoms with Crippen LogP contribution in [0.15, 0.2) is 52.5 Å². The van der Waals surface area contributed by atoms with E-state index in [9.17, 15) is 5.11 Å². The topological polar surface area (TPSA) is 39.1 Å². The normalized spacial score (nSPS) is 29.7. The van der Waals surface area contributed by atoms with Gasteiger partial charge in [-0.2, -0.15) is 0 Å². The average molecular weight is 243 g/mol. The van der Waals surface area contributed by atoms with Crippen molar-refractivity contribution >= 4 is 6.21 Å². The van der Waals surface area contributed by atoms with Crippen LogP contribution in [-0.2, 0) is 0 Å². The Morgan fingerprint density at radius 3 is 3.00 bits per heavy atom. The molecule has 2 aliphatic heterocycles. The Kier molecular flexibility index (Phi) is 2.41. The van der Waals surface area contributed by atoms with Crippen molar-refractivity contribution in [3.8, 4) is 0 Å². The summed E-state index contributed by atoms with van der Waals surface area (Å²) in [6.45, 7) is 3.08. The minimum absolute atomic E-state index is 0.325. The minimum Gasteiger partial charge on any atom is -0.508 e. The molecule has 0 aromatic rings. The molecular weight excluding hydrogens is 226 g/mol. The summed E-state index contributed by atoms with van der Waals surface area (Å²) in [4.78, 5) is 4.45. The molecule has 1 unspecified atom stereocenters. The van der Waals surface area contributed by atoms with Crippen LogP contribution in [0, 0.1) is 0 Å². The van der Waals surface area contributed by atoms with Crippen LogP contribution in [0.5, 0.6) is 0 Å². The van der Waals surface area contributed by atoms with Crippen molar-refractivity contribution in [2.45, 2.75) is 18.9 Å². The number of hydrogen-bond donors (Lipinski definition) is 1. The number of hydrazine groups is 1. The van der Waals surface area contributed by atoms with Crippen LogP contribution in [0.2, 0.25) is 0 Å². The Hall–Kier alpha value is -1.81. The lowest BCUT2D eigenvalue weighted by Crippen LogP contribution is -2.50. The van der Waals surface area contributed by atoms with Crippen molar-refractivity contribution in [1.82, 2.24) is 10.0 Å². The number of aliphatic hydroxyl groups excluding tert-OH is 1. The molecule has 4 heteroatoms. The van der Waals surface area contributed by atoms with Gasteiger partial charge in [0.2, 0.25) is 0 Å². The van der Waals surface area contributed by atoms with E-state index in [4.69, 9.17) is 0 Å². The monoisotopic (exact) mass is 243 g/mol. The van der Waals surface area contributed by atoms with Crippen molar-refractivity contribution in [3.63, 3.8) is 0 Å². The van der Waals surface area contributed by atoms with Gasteiger partial charge in [-0.05, 0) is 24.6 Å². The van der Waals surface area contributed by atoms with Crippen molar-refractivity contribution in [3.05, 3.63) is 47.5 Å². The fourth-order valence-electron chi connectivity index (χ4n) is 2.82. The van der Waals surface area contributed by atoms with Crippen LogP contribution in [-0.4, -0.2) is 40.5 Å². The average Bonchev–Trinajstić information content (AvgIpc) is 2.66. The maximum Gasteiger partial charge on any atom is 0.130 e. The molecule has 0 fully saturated rings. The summed E-state index contributed by atoms with van der Waals surface area (Å²) in [6, 6.07) is 0. The van der Waals surface area contributed by atoms with Crippen LogP contribution in [0.3, 0.4) is 0 Å². The Morgan fingerprint density at radius 2 is 2.22 bits per heavy atom. The summed E-state index contributed by atoms with van der Waals surface area (Å²) in [5, 5.41) is 14.4. The molecule has 0 radical (unpaired) electrons. The molecular formula is C14H17N3O. The number of allylic oxidation sites excluding steroid dienone is 3. The lowest BCUT2D eigenvalue weighted by atomic mass is 9.81. The van der Waals surface area contributed by atoms with Crippen LogP contribution >= 0.6 is 0 Å². The van der Waals surface area contributed by atoms with Crippen LogP contribution < -0.4 is 0 Å². The molecule has 3 aliphatic rings. The number of likely N-dealkylation sites (N-methyl/N-ethyl adjacent to an activating group) is 1. The molecule has 0 aromatic heterocycles. The number of dihydropyridines is 1. The minimum atomic E-state index is -0.428. The first-order chi connectivity index (χ1) is 8.70. The molecule has 3 rings (SSSR count). The second-order valence-corrected chi connectivity index (χ2v) is 4.74. The summed E-state index contributed by atoms with van der Waals surface area (Å²) in [6.07, 6.45) is 12.5. The Balaban J connectivity index is 2.13. The highest BCUT2D eigenvalue weighted by Gasteiger charge is 2.49. The zero-order chi connectivity index (χ0) is 12.8. The molecule has 0 saturated carbocycles. The number of nitrogens with zero attached hydrogens (tertiary/aromatic N) is 3. The van der Waals surface area contributed by atoms with Gasteiger partial charge in [0.25, 0.3) is 0 Å². The van der Waals surface area contributed by atoms with Gasteiger partial charge in [0.15, 0.2) is 0 Å². The lowest BCUT2D eigenvalue weighted by Gasteiger charge is -2.41. The third-order valence-electron chi connectivity index (χ3n) is 3.74. The van der Waals surface area contributed by atoms with Crippen LogP contribution in [0.1, 0.15) is 13.3 Å². The maximum absolute atomic E-state index is 10.1. The van der Waals surface area contributed by atoms with E-state index in [-0.39, 0.29) is 0 Å². The molecule has 1 N–H and O–H groups in total. The SMILES string of the molecule is CCCN1C=C2C(O)=CC=C3N=CC=CC32N1C. The zero-order valence-electron chi connectivity index (χ0n) is 10.7. The largest absolute Gasteiger partial charge is 0.508 e. The van der Waals surface area contributed by atoms with Crippen molar-refractivity contribution in [2.75, 3.05) is 13.6 Å². The first-order valence-corrected chi connectivity index (χ1v) is 6.26. The highest BCUT2D eigenvalue weighted by Crippen LogP contribution is 2.45. The molecule has 1 atom stereocenters. The number of aliphatic hydroxyl groups is 1. The standard InChI is InChI=1S/C14H17N3O/c1-3-9-17-10-11-12(18)5-6-13-14(11,16(17)2)7-4-8-15-13/h4-8,10,18H,3,9H2,1-2H3. The summed E-state index contributed by atoms with van der Waals surface area (Å²) in [7, 11) is 2.04. The van der Waals surface area contributed by atoms with E-state index in [2.05, 4.69) is 28.0 Å². The molecule has 0 amide bonds. The van der Waals surface area contributed by atoms with Crippen LogP contribution in [0.25, 0.3) is 0 Å². The Morgan fingerprint density at radius 1 is 1.39 bits per heavy atom. The van der Waals surface area contributed by atoms with Gasteiger partial charge in [-0.25, -0.2) is 5.01 Å². The van der Waals surface area contributed by atoms with E-state index in [1.807, 2.05) is 25.4 Å². The zero-order valence-corrected chi connectivity index (χ0v) is 10.7. The van der Waals surface area contributed by atoms with E-state index in [0.717, 1.165) is 24.2 Å². The molecule has 0 aromatic carbocycles. The first kappa shape index (κ1) is 11.3. The highest BCUT2D eigenvalue weighted by molar-refractivity contribution is 5.78. The predicted molar refractivity (Wildman–Crippen MR) is 72.0 cm³/mol. The van der Waals surface area contributed by atoms with Gasteiger partial charge in [-0.1, -0.05) is 13.0 Å². The summed E-state index contributed by atoms with van der Waals surface area (Å²) >= 11 is 0. The quantitative estimate of drug-likeness (QED) is 0.807. The van der Waals surface area contributed by atoms with Gasteiger partial charge < -0.3 is 10.1 Å². The van der Waals surface area contributed by atoms with E-state index in [1.165, 1.54) is 0 Å². The van der Waals surface area contributed by atoms with Crippen molar-refractivity contribution in [2.24, 2.45) is 4.99 Å². The molecule has 0 saturated heterocycles. The predicted octanol–water partition coefficient (Wildman–Crippen LogP) is 2.16. The van der Waals surface area contributed by atoms with Gasteiger partial charge in [0, 0.05) is 31.6 Å². The molecule has 4 nitrogen and oxygen atoms in total. The van der Waals surface area contributed by atoms with Gasteiger partial charge in [0.05, 0.1) is 5.70 Å². The van der Waals surface area contributed by atoms with E-state index >= 15 is 0 Å². The molecule has 1 spiro atoms. The van der Waals surface area contributed by atoms with Crippen molar-refractivity contribution in [1.29, 1.82) is 0 Å². The second kappa shape index (κ2) is 3.85. The molecule has 18 heavy (non-hydrogen) atoms.